The molecule has 0 spiro atoms. The van der Waals surface area contributed by atoms with Gasteiger partial charge in [-0.1, -0.05) is 24.3 Å². The number of ether oxygens (including phenoxy) is 1. The molecule has 0 amide bonds. The van der Waals surface area contributed by atoms with E-state index in [4.69, 9.17) is 4.74 Å². The number of hydrogen-bond donors (Lipinski definition) is 1. The van der Waals surface area contributed by atoms with Crippen LogP contribution < -0.4 is 5.32 Å². The molecule has 0 saturated carbocycles. The van der Waals surface area contributed by atoms with Crippen molar-refractivity contribution >= 4 is 0 Å². The number of hydrogen-bond acceptors (Lipinski definition) is 2. The second-order valence-corrected chi connectivity index (χ2v) is 4.62. The second kappa shape index (κ2) is 6.02. The molecule has 0 bridgehead atoms. The molecule has 1 aliphatic heterocycles. The molecule has 1 atom stereocenters. The fraction of sp³-hybridized carbons (Fsp3) is 0.571. The smallest absolute Gasteiger partial charge is 0.0715 e. The Labute approximate surface area is 98.0 Å². The lowest BCUT2D eigenvalue weighted by molar-refractivity contribution is 0.183. The minimum atomic E-state index is 0.732. The first-order chi connectivity index (χ1) is 7.90. The van der Waals surface area contributed by atoms with Crippen molar-refractivity contribution in [3.63, 3.8) is 0 Å². The molecule has 2 rings (SSSR count). The normalized spacial score (nSPS) is 20.9. The Morgan fingerprint density at radius 1 is 1.31 bits per heavy atom. The van der Waals surface area contributed by atoms with E-state index in [0.717, 1.165) is 12.5 Å². The van der Waals surface area contributed by atoms with Gasteiger partial charge in [0.15, 0.2) is 0 Å². The van der Waals surface area contributed by atoms with Crippen LogP contribution in [0.25, 0.3) is 0 Å². The zero-order chi connectivity index (χ0) is 11.2. The maximum atomic E-state index is 5.24. The monoisotopic (exact) mass is 219 g/mol. The Morgan fingerprint density at radius 3 is 2.81 bits per heavy atom. The van der Waals surface area contributed by atoms with Gasteiger partial charge in [0.2, 0.25) is 0 Å². The van der Waals surface area contributed by atoms with E-state index in [1.54, 1.807) is 7.11 Å². The quantitative estimate of drug-likeness (QED) is 0.839. The van der Waals surface area contributed by atoms with Crippen LogP contribution in [0.4, 0.5) is 0 Å². The summed E-state index contributed by atoms with van der Waals surface area (Å²) < 4.78 is 5.24. The third-order valence-electron chi connectivity index (χ3n) is 3.33. The molecule has 1 heterocycles. The predicted octanol–water partition coefficient (Wildman–Crippen LogP) is 2.38. The summed E-state index contributed by atoms with van der Waals surface area (Å²) in [4.78, 5) is 0. The molecular formula is C14H21NO. The molecule has 1 aromatic carbocycles. The van der Waals surface area contributed by atoms with Crippen LogP contribution in [0.3, 0.4) is 0 Å². The summed E-state index contributed by atoms with van der Waals surface area (Å²) in [5.74, 6) is 0.798. The zero-order valence-electron chi connectivity index (χ0n) is 10.0. The van der Waals surface area contributed by atoms with Gasteiger partial charge in [0.1, 0.15) is 0 Å². The summed E-state index contributed by atoms with van der Waals surface area (Å²) in [6.07, 6.45) is 3.86. The third kappa shape index (κ3) is 3.06. The van der Waals surface area contributed by atoms with Gasteiger partial charge in [-0.05, 0) is 49.4 Å². The summed E-state index contributed by atoms with van der Waals surface area (Å²) >= 11 is 0. The van der Waals surface area contributed by atoms with Crippen LogP contribution in [-0.2, 0) is 17.8 Å². The third-order valence-corrected chi connectivity index (χ3v) is 3.33. The van der Waals surface area contributed by atoms with Crippen molar-refractivity contribution in [2.45, 2.75) is 25.9 Å². The largest absolute Gasteiger partial charge is 0.380 e. The first-order valence-corrected chi connectivity index (χ1v) is 6.16. The zero-order valence-corrected chi connectivity index (χ0v) is 10.0. The van der Waals surface area contributed by atoms with Crippen molar-refractivity contribution in [2.75, 3.05) is 20.2 Å². The Hall–Kier alpha value is -0.860. The van der Waals surface area contributed by atoms with E-state index in [-0.39, 0.29) is 0 Å². The molecule has 2 nitrogen and oxygen atoms in total. The topological polar surface area (TPSA) is 21.3 Å². The fourth-order valence-electron chi connectivity index (χ4n) is 2.46. The summed E-state index contributed by atoms with van der Waals surface area (Å²) in [7, 11) is 1.76. The van der Waals surface area contributed by atoms with Crippen molar-refractivity contribution in [1.29, 1.82) is 0 Å². The number of rotatable bonds is 4. The molecule has 88 valence electrons. The number of benzene rings is 1. The van der Waals surface area contributed by atoms with Crippen LogP contribution in [0.1, 0.15) is 24.0 Å². The summed E-state index contributed by atoms with van der Waals surface area (Å²) in [6.45, 7) is 3.09. The summed E-state index contributed by atoms with van der Waals surface area (Å²) in [6, 6.07) is 8.64. The lowest BCUT2D eigenvalue weighted by Gasteiger charge is -2.23. The maximum absolute atomic E-state index is 5.24. The maximum Gasteiger partial charge on any atom is 0.0715 e. The van der Waals surface area contributed by atoms with Crippen LogP contribution in [0.15, 0.2) is 24.3 Å². The standard InChI is InChI=1S/C14H21NO/c1-16-11-14-7-3-2-6-13(14)9-12-5-4-8-15-10-12/h2-3,6-7,12,15H,4-5,8-11H2,1H3. The SMILES string of the molecule is COCc1ccccc1CC1CCCNC1. The molecule has 16 heavy (non-hydrogen) atoms. The van der Waals surface area contributed by atoms with Crippen LogP contribution in [-0.4, -0.2) is 20.2 Å². The van der Waals surface area contributed by atoms with E-state index in [9.17, 15) is 0 Å². The van der Waals surface area contributed by atoms with Gasteiger partial charge >= 0.3 is 0 Å². The summed E-state index contributed by atoms with van der Waals surface area (Å²) in [5, 5.41) is 3.48. The molecule has 1 N–H and O–H groups in total. The molecule has 1 unspecified atom stereocenters. The van der Waals surface area contributed by atoms with Gasteiger partial charge in [0, 0.05) is 7.11 Å². The Balaban J connectivity index is 2.01. The molecular weight excluding hydrogens is 198 g/mol. The van der Waals surface area contributed by atoms with E-state index in [0.29, 0.717) is 0 Å². The van der Waals surface area contributed by atoms with Crippen molar-refractivity contribution in [3.05, 3.63) is 35.4 Å². The van der Waals surface area contributed by atoms with Crippen molar-refractivity contribution in [2.24, 2.45) is 5.92 Å². The van der Waals surface area contributed by atoms with Gasteiger partial charge < -0.3 is 10.1 Å². The molecule has 1 aliphatic rings. The van der Waals surface area contributed by atoms with Crippen LogP contribution in [0.2, 0.25) is 0 Å². The van der Waals surface area contributed by atoms with E-state index >= 15 is 0 Å². The van der Waals surface area contributed by atoms with Gasteiger partial charge in [-0.3, -0.25) is 0 Å². The van der Waals surface area contributed by atoms with Gasteiger partial charge in [-0.25, -0.2) is 0 Å². The number of piperidine rings is 1. The highest BCUT2D eigenvalue weighted by molar-refractivity contribution is 5.27. The lowest BCUT2D eigenvalue weighted by atomic mass is 9.90. The molecule has 0 aromatic heterocycles. The first-order valence-electron chi connectivity index (χ1n) is 6.16. The molecule has 2 heteroatoms. The van der Waals surface area contributed by atoms with Crippen LogP contribution >= 0.6 is 0 Å². The van der Waals surface area contributed by atoms with Gasteiger partial charge in [-0.15, -0.1) is 0 Å². The first kappa shape index (κ1) is 11.6. The molecule has 0 aliphatic carbocycles. The number of methoxy groups -OCH3 is 1. The van der Waals surface area contributed by atoms with Gasteiger partial charge in [0.25, 0.3) is 0 Å². The van der Waals surface area contributed by atoms with Crippen molar-refractivity contribution in [1.82, 2.24) is 5.32 Å². The minimum absolute atomic E-state index is 0.732. The molecule has 1 fully saturated rings. The lowest BCUT2D eigenvalue weighted by Crippen LogP contribution is -2.31. The average molecular weight is 219 g/mol. The van der Waals surface area contributed by atoms with E-state index in [1.165, 1.54) is 43.5 Å². The molecule has 1 saturated heterocycles. The van der Waals surface area contributed by atoms with Gasteiger partial charge in [-0.2, -0.15) is 0 Å². The van der Waals surface area contributed by atoms with E-state index in [2.05, 4.69) is 29.6 Å². The predicted molar refractivity (Wildman–Crippen MR) is 66.5 cm³/mol. The van der Waals surface area contributed by atoms with Gasteiger partial charge in [0.05, 0.1) is 6.61 Å². The Bertz CT molecular complexity index is 318. The Kier molecular flexibility index (Phi) is 4.37. The molecule has 1 aromatic rings. The van der Waals surface area contributed by atoms with Crippen LogP contribution in [0.5, 0.6) is 0 Å². The Morgan fingerprint density at radius 2 is 2.12 bits per heavy atom. The highest BCUT2D eigenvalue weighted by atomic mass is 16.5. The van der Waals surface area contributed by atoms with E-state index < -0.39 is 0 Å². The minimum Gasteiger partial charge on any atom is -0.380 e. The molecule has 0 radical (unpaired) electrons. The number of nitrogens with one attached hydrogen (secondary N) is 1. The summed E-state index contributed by atoms with van der Waals surface area (Å²) in [5.41, 5.74) is 2.80. The highest BCUT2D eigenvalue weighted by Gasteiger charge is 2.14. The fourth-order valence-corrected chi connectivity index (χ4v) is 2.46. The average Bonchev–Trinajstić information content (AvgIpc) is 2.33. The van der Waals surface area contributed by atoms with Crippen LogP contribution in [0, 0.1) is 5.92 Å². The van der Waals surface area contributed by atoms with Crippen molar-refractivity contribution in [3.8, 4) is 0 Å². The highest BCUT2D eigenvalue weighted by Crippen LogP contribution is 2.19. The second-order valence-electron chi connectivity index (χ2n) is 4.62. The van der Waals surface area contributed by atoms with E-state index in [1.807, 2.05) is 0 Å². The van der Waals surface area contributed by atoms with Crippen molar-refractivity contribution < 1.29 is 4.74 Å².